The molecule has 28 heavy (non-hydrogen) atoms. The maximum Gasteiger partial charge on any atom is 0.241 e. The van der Waals surface area contributed by atoms with Crippen molar-refractivity contribution < 1.29 is 14.3 Å². The zero-order valence-electron chi connectivity index (χ0n) is 15.8. The Morgan fingerprint density at radius 3 is 2.64 bits per heavy atom. The van der Waals surface area contributed by atoms with Crippen LogP contribution in [0.1, 0.15) is 18.1 Å². The highest BCUT2D eigenvalue weighted by molar-refractivity contribution is 9.10. The molecule has 1 fully saturated rings. The van der Waals surface area contributed by atoms with E-state index in [1.165, 1.54) is 17.3 Å². The number of rotatable bonds is 8. The molecule has 4 nitrogen and oxygen atoms in total. The molecule has 148 valence electrons. The first kappa shape index (κ1) is 21.1. The Hall–Kier alpha value is -1.57. The minimum Gasteiger partial charge on any atom is -0.492 e. The molecule has 0 aromatic heterocycles. The van der Waals surface area contributed by atoms with Crippen molar-refractivity contribution in [1.29, 1.82) is 0 Å². The molecule has 0 bridgehead atoms. The smallest absolute Gasteiger partial charge is 0.241 e. The number of hydrogen-bond donors (Lipinski definition) is 0. The molecule has 0 saturated carbocycles. The highest BCUT2D eigenvalue weighted by Gasteiger charge is 2.36. The zero-order chi connectivity index (χ0) is 20.1. The predicted octanol–water partition coefficient (Wildman–Crippen LogP) is 4.87. The molecule has 2 aromatic carbocycles. The van der Waals surface area contributed by atoms with Crippen LogP contribution in [0.5, 0.6) is 11.5 Å². The molecular weight excluding hydrogens is 458 g/mol. The van der Waals surface area contributed by atoms with E-state index < -0.39 is 0 Å². The summed E-state index contributed by atoms with van der Waals surface area (Å²) in [6, 6.07) is 14.1. The molecule has 0 N–H and O–H groups in total. The van der Waals surface area contributed by atoms with Gasteiger partial charge in [-0.25, -0.2) is 0 Å². The van der Waals surface area contributed by atoms with E-state index in [1.54, 1.807) is 12.0 Å². The Kier molecular flexibility index (Phi) is 7.37. The van der Waals surface area contributed by atoms with Crippen molar-refractivity contribution >= 4 is 50.1 Å². The third-order valence-corrected chi connectivity index (χ3v) is 6.64. The lowest BCUT2D eigenvalue weighted by Gasteiger charge is -2.16. The number of methoxy groups -OCH3 is 1. The number of benzene rings is 2. The molecule has 1 saturated heterocycles. The van der Waals surface area contributed by atoms with Gasteiger partial charge in [0.1, 0.15) is 4.32 Å². The predicted molar refractivity (Wildman–Crippen MR) is 121 cm³/mol. The van der Waals surface area contributed by atoms with E-state index in [-0.39, 0.29) is 11.2 Å². The number of thioether (sulfide) groups is 1. The minimum absolute atomic E-state index is 0.0795. The van der Waals surface area contributed by atoms with Gasteiger partial charge < -0.3 is 9.47 Å². The second kappa shape index (κ2) is 9.76. The van der Waals surface area contributed by atoms with Crippen molar-refractivity contribution in [3.8, 4) is 11.5 Å². The Labute approximate surface area is 183 Å². The Balaban J connectivity index is 1.70. The molecular formula is C21H22BrNO3S2. The van der Waals surface area contributed by atoms with Crippen LogP contribution in [0, 0.1) is 0 Å². The molecule has 1 atom stereocenters. The number of hydrogen-bond acceptors (Lipinski definition) is 5. The van der Waals surface area contributed by atoms with Crippen molar-refractivity contribution in [3.05, 3.63) is 58.1 Å². The molecule has 1 aliphatic rings. The lowest BCUT2D eigenvalue weighted by atomic mass is 10.1. The fourth-order valence-corrected chi connectivity index (χ4v) is 5.37. The van der Waals surface area contributed by atoms with Crippen molar-refractivity contribution in [1.82, 2.24) is 4.90 Å². The number of thiocarbonyl (C=S) groups is 1. The van der Waals surface area contributed by atoms with Crippen molar-refractivity contribution in [3.63, 3.8) is 0 Å². The highest BCUT2D eigenvalue weighted by Crippen LogP contribution is 2.38. The van der Waals surface area contributed by atoms with Crippen LogP contribution in [0.25, 0.3) is 0 Å². The molecule has 0 aliphatic carbocycles. The number of halogens is 1. The van der Waals surface area contributed by atoms with E-state index in [0.717, 1.165) is 16.5 Å². The van der Waals surface area contributed by atoms with Crippen LogP contribution in [0.4, 0.5) is 0 Å². The van der Waals surface area contributed by atoms with Gasteiger partial charge in [-0.1, -0.05) is 54.3 Å². The Morgan fingerprint density at radius 1 is 1.21 bits per heavy atom. The second-order valence-electron chi connectivity index (χ2n) is 6.34. The normalized spacial score (nSPS) is 16.5. The number of nitrogens with zero attached hydrogens (tertiary/aromatic N) is 1. The van der Waals surface area contributed by atoms with Gasteiger partial charge in [0.25, 0.3) is 0 Å². The van der Waals surface area contributed by atoms with E-state index in [0.29, 0.717) is 35.4 Å². The Morgan fingerprint density at radius 2 is 1.96 bits per heavy atom. The summed E-state index contributed by atoms with van der Waals surface area (Å²) in [7, 11) is 1.61. The number of amides is 1. The molecule has 7 heteroatoms. The third kappa shape index (κ3) is 4.88. The largest absolute Gasteiger partial charge is 0.492 e. The highest BCUT2D eigenvalue weighted by atomic mass is 79.9. The van der Waals surface area contributed by atoms with Gasteiger partial charge >= 0.3 is 0 Å². The Bertz CT molecular complexity index is 860. The van der Waals surface area contributed by atoms with Gasteiger partial charge in [-0.3, -0.25) is 9.69 Å². The minimum atomic E-state index is -0.210. The quantitative estimate of drug-likeness (QED) is 0.504. The topological polar surface area (TPSA) is 38.8 Å². The third-order valence-electron chi connectivity index (χ3n) is 4.47. The molecule has 0 spiro atoms. The van der Waals surface area contributed by atoms with Gasteiger partial charge in [-0.05, 0) is 59.0 Å². The lowest BCUT2D eigenvalue weighted by Crippen LogP contribution is -2.33. The lowest BCUT2D eigenvalue weighted by molar-refractivity contribution is -0.126. The van der Waals surface area contributed by atoms with E-state index >= 15 is 0 Å². The summed E-state index contributed by atoms with van der Waals surface area (Å²) in [5.41, 5.74) is 2.21. The fourth-order valence-electron chi connectivity index (χ4n) is 3.13. The van der Waals surface area contributed by atoms with Crippen LogP contribution >= 0.6 is 39.9 Å². The maximum absolute atomic E-state index is 12.9. The van der Waals surface area contributed by atoms with E-state index in [1.807, 2.05) is 37.3 Å². The standard InChI is InChI=1S/C21H22BrNO3S2/c1-3-26-17-12-15(11-16(22)19(17)25-2)13-18-20(24)23(21(27)28-18)10-9-14-7-5-4-6-8-14/h4-8,11-12,18H,3,9-10,13H2,1-2H3/t18-/m0/s1. The summed E-state index contributed by atoms with van der Waals surface area (Å²) in [5, 5.41) is -0.210. The van der Waals surface area contributed by atoms with Crippen molar-refractivity contribution in [2.45, 2.75) is 25.0 Å². The summed E-state index contributed by atoms with van der Waals surface area (Å²) < 4.78 is 12.6. The fraction of sp³-hybridized carbons (Fsp3) is 0.333. The van der Waals surface area contributed by atoms with Gasteiger partial charge in [-0.15, -0.1) is 0 Å². The molecule has 1 amide bonds. The summed E-state index contributed by atoms with van der Waals surface area (Å²) in [4.78, 5) is 14.6. The van der Waals surface area contributed by atoms with Crippen LogP contribution in [-0.4, -0.2) is 40.6 Å². The van der Waals surface area contributed by atoms with Gasteiger partial charge in [0, 0.05) is 6.54 Å². The van der Waals surface area contributed by atoms with Crippen LogP contribution in [0.2, 0.25) is 0 Å². The molecule has 0 unspecified atom stereocenters. The first-order valence-electron chi connectivity index (χ1n) is 9.08. The summed E-state index contributed by atoms with van der Waals surface area (Å²) in [6.07, 6.45) is 1.39. The molecule has 1 aliphatic heterocycles. The first-order chi connectivity index (χ1) is 13.5. The SMILES string of the molecule is CCOc1cc(C[C@@H]2SC(=S)N(CCc3ccccc3)C2=O)cc(Br)c1OC. The van der Waals surface area contributed by atoms with Crippen LogP contribution in [0.15, 0.2) is 46.9 Å². The van der Waals surface area contributed by atoms with E-state index in [2.05, 4.69) is 28.1 Å². The monoisotopic (exact) mass is 479 g/mol. The second-order valence-corrected chi connectivity index (χ2v) is 9.03. The van der Waals surface area contributed by atoms with Gasteiger partial charge in [0.15, 0.2) is 11.5 Å². The molecule has 0 radical (unpaired) electrons. The number of ether oxygens (including phenoxy) is 2. The number of carbonyl (C=O) groups excluding carboxylic acids is 1. The summed E-state index contributed by atoms with van der Waals surface area (Å²) >= 11 is 10.5. The van der Waals surface area contributed by atoms with Crippen molar-refractivity contribution in [2.24, 2.45) is 0 Å². The summed E-state index contributed by atoms with van der Waals surface area (Å²) in [5.74, 6) is 1.42. The number of carbonyl (C=O) groups is 1. The zero-order valence-corrected chi connectivity index (χ0v) is 19.0. The van der Waals surface area contributed by atoms with E-state index in [4.69, 9.17) is 21.7 Å². The van der Waals surface area contributed by atoms with Crippen LogP contribution in [-0.2, 0) is 17.6 Å². The van der Waals surface area contributed by atoms with E-state index in [9.17, 15) is 4.79 Å². The molecule has 1 heterocycles. The van der Waals surface area contributed by atoms with Crippen LogP contribution < -0.4 is 9.47 Å². The first-order valence-corrected chi connectivity index (χ1v) is 11.2. The maximum atomic E-state index is 12.9. The molecule has 2 aromatic rings. The van der Waals surface area contributed by atoms with Crippen LogP contribution in [0.3, 0.4) is 0 Å². The van der Waals surface area contributed by atoms with Crippen molar-refractivity contribution in [2.75, 3.05) is 20.3 Å². The summed E-state index contributed by atoms with van der Waals surface area (Å²) in [6.45, 7) is 3.09. The average molecular weight is 480 g/mol. The van der Waals surface area contributed by atoms with Gasteiger partial charge in [0.05, 0.1) is 23.4 Å². The van der Waals surface area contributed by atoms with Gasteiger partial charge in [0.2, 0.25) is 5.91 Å². The average Bonchev–Trinajstić information content (AvgIpc) is 2.94. The molecule has 3 rings (SSSR count). The van der Waals surface area contributed by atoms with Gasteiger partial charge in [-0.2, -0.15) is 0 Å².